The Bertz CT molecular complexity index is 757. The molecule has 2 heterocycles. The molecule has 0 fully saturated rings. The first kappa shape index (κ1) is 13.0. The number of aromatic nitrogens is 4. The zero-order chi connectivity index (χ0) is 14.7. The zero-order valence-electron chi connectivity index (χ0n) is 11.1. The van der Waals surface area contributed by atoms with Gasteiger partial charge in [0.05, 0.1) is 18.8 Å². The van der Waals surface area contributed by atoms with Crippen molar-refractivity contribution in [2.24, 2.45) is 5.84 Å². The molecule has 0 saturated heterocycles. The maximum Gasteiger partial charge on any atom is 0.330 e. The summed E-state index contributed by atoms with van der Waals surface area (Å²) >= 11 is 0. The second-order valence-corrected chi connectivity index (χ2v) is 4.04. The normalized spacial score (nSPS) is 10.4. The van der Waals surface area contributed by atoms with Crippen molar-refractivity contribution in [3.8, 4) is 17.8 Å². The van der Waals surface area contributed by atoms with Gasteiger partial charge in [-0.2, -0.15) is 9.97 Å². The zero-order valence-corrected chi connectivity index (χ0v) is 11.1. The number of nitrogens with one attached hydrogen (secondary N) is 1. The number of ether oxygens (including phenoxy) is 2. The van der Waals surface area contributed by atoms with Crippen LogP contribution in [0.1, 0.15) is 0 Å². The van der Waals surface area contributed by atoms with E-state index in [-0.39, 0.29) is 18.0 Å². The maximum atomic E-state index is 5.57. The lowest BCUT2D eigenvalue weighted by atomic mass is 10.2. The average molecular weight is 284 g/mol. The highest BCUT2D eigenvalue weighted by Crippen LogP contribution is 2.23. The van der Waals surface area contributed by atoms with Gasteiger partial charge in [-0.3, -0.25) is 10.4 Å². The van der Waals surface area contributed by atoms with E-state index in [2.05, 4.69) is 25.4 Å². The third kappa shape index (κ3) is 2.79. The highest BCUT2D eigenvalue weighted by molar-refractivity contribution is 5.79. The summed E-state index contributed by atoms with van der Waals surface area (Å²) in [7, 11) is 1.44. The summed E-state index contributed by atoms with van der Waals surface area (Å²) in [5.41, 5.74) is 3.20. The van der Waals surface area contributed by atoms with Gasteiger partial charge in [0.25, 0.3) is 0 Å². The molecule has 21 heavy (non-hydrogen) atoms. The lowest BCUT2D eigenvalue weighted by Crippen LogP contribution is -2.12. The number of nitrogens with two attached hydrogens (primary N) is 1. The van der Waals surface area contributed by atoms with Crippen LogP contribution in [0.15, 0.2) is 36.5 Å². The van der Waals surface area contributed by atoms with E-state index in [0.29, 0.717) is 5.75 Å². The quantitative estimate of drug-likeness (QED) is 0.548. The number of para-hydroxylation sites is 1. The summed E-state index contributed by atoms with van der Waals surface area (Å²) < 4.78 is 10.5. The molecule has 3 N–H and O–H groups in total. The highest BCUT2D eigenvalue weighted by Gasteiger charge is 2.08. The lowest BCUT2D eigenvalue weighted by Gasteiger charge is -2.07. The number of nitrogens with zero attached hydrogens (tertiary/aromatic N) is 4. The minimum absolute atomic E-state index is 0.0619. The molecular formula is C13H12N6O2. The maximum absolute atomic E-state index is 5.57. The van der Waals surface area contributed by atoms with Gasteiger partial charge in [0.2, 0.25) is 5.95 Å². The molecule has 0 amide bonds. The van der Waals surface area contributed by atoms with Crippen molar-refractivity contribution in [3.63, 3.8) is 0 Å². The number of nitrogen functional groups attached to an aromatic ring is 1. The molecule has 0 radical (unpaired) electrons. The van der Waals surface area contributed by atoms with E-state index in [9.17, 15) is 0 Å². The van der Waals surface area contributed by atoms with Gasteiger partial charge in [0.15, 0.2) is 0 Å². The molecule has 106 valence electrons. The van der Waals surface area contributed by atoms with E-state index in [4.69, 9.17) is 15.3 Å². The first-order chi connectivity index (χ1) is 10.3. The van der Waals surface area contributed by atoms with Crippen LogP contribution in [-0.4, -0.2) is 27.0 Å². The van der Waals surface area contributed by atoms with Crippen LogP contribution in [0.5, 0.6) is 17.8 Å². The molecule has 0 spiro atoms. The monoisotopic (exact) mass is 284 g/mol. The van der Waals surface area contributed by atoms with E-state index in [1.165, 1.54) is 7.11 Å². The molecule has 0 unspecified atom stereocenters. The SMILES string of the molecule is COc1nc(NN)nc(Oc2cnc3ccccc3c2)n1. The summed E-state index contributed by atoms with van der Waals surface area (Å²) in [6, 6.07) is 9.71. The van der Waals surface area contributed by atoms with Crippen LogP contribution in [0.25, 0.3) is 10.9 Å². The van der Waals surface area contributed by atoms with Crippen LogP contribution in [-0.2, 0) is 0 Å². The number of benzene rings is 1. The van der Waals surface area contributed by atoms with Gasteiger partial charge >= 0.3 is 12.0 Å². The van der Waals surface area contributed by atoms with Gasteiger partial charge in [-0.05, 0) is 12.1 Å². The second kappa shape index (κ2) is 5.55. The Morgan fingerprint density at radius 1 is 1.10 bits per heavy atom. The van der Waals surface area contributed by atoms with Crippen LogP contribution >= 0.6 is 0 Å². The number of anilines is 1. The van der Waals surface area contributed by atoms with E-state index in [1.54, 1.807) is 6.20 Å². The van der Waals surface area contributed by atoms with Crippen LogP contribution in [0.3, 0.4) is 0 Å². The van der Waals surface area contributed by atoms with Crippen molar-refractivity contribution in [2.75, 3.05) is 12.5 Å². The number of hydrogen-bond acceptors (Lipinski definition) is 8. The number of methoxy groups -OCH3 is 1. The predicted molar refractivity (Wildman–Crippen MR) is 76.0 cm³/mol. The molecule has 0 aliphatic heterocycles. The molecule has 3 rings (SSSR count). The Morgan fingerprint density at radius 2 is 1.90 bits per heavy atom. The summed E-state index contributed by atoms with van der Waals surface area (Å²) in [6.45, 7) is 0. The predicted octanol–water partition coefficient (Wildman–Crippen LogP) is 1.51. The fourth-order valence-electron chi connectivity index (χ4n) is 1.75. The van der Waals surface area contributed by atoms with Gasteiger partial charge in [-0.1, -0.05) is 18.2 Å². The number of hydrazine groups is 1. The number of rotatable bonds is 4. The summed E-state index contributed by atoms with van der Waals surface area (Å²) in [6.07, 6.45) is 1.59. The Morgan fingerprint density at radius 3 is 2.71 bits per heavy atom. The van der Waals surface area contributed by atoms with Gasteiger partial charge in [-0.15, -0.1) is 4.98 Å². The molecule has 1 aromatic carbocycles. The molecular weight excluding hydrogens is 272 g/mol. The highest BCUT2D eigenvalue weighted by atomic mass is 16.5. The number of pyridine rings is 1. The van der Waals surface area contributed by atoms with E-state index in [0.717, 1.165) is 10.9 Å². The largest absolute Gasteiger partial charge is 0.467 e. The van der Waals surface area contributed by atoms with E-state index >= 15 is 0 Å². The summed E-state index contributed by atoms with van der Waals surface area (Å²) in [5.74, 6) is 5.93. The second-order valence-electron chi connectivity index (χ2n) is 4.04. The van der Waals surface area contributed by atoms with Crippen molar-refractivity contribution in [3.05, 3.63) is 36.5 Å². The molecule has 0 aliphatic rings. The van der Waals surface area contributed by atoms with Gasteiger partial charge < -0.3 is 9.47 Å². The summed E-state index contributed by atoms with van der Waals surface area (Å²) in [4.78, 5) is 16.2. The minimum atomic E-state index is 0.0619. The third-order valence-electron chi connectivity index (χ3n) is 2.68. The molecule has 8 nitrogen and oxygen atoms in total. The average Bonchev–Trinajstić information content (AvgIpc) is 2.54. The molecule has 0 saturated carbocycles. The standard InChI is InChI=1S/C13H12N6O2/c1-20-12-16-11(19-14)17-13(18-12)21-9-6-8-4-2-3-5-10(8)15-7-9/h2-7H,14H2,1H3,(H,16,17,18,19). The third-order valence-corrected chi connectivity index (χ3v) is 2.68. The fraction of sp³-hybridized carbons (Fsp3) is 0.0769. The van der Waals surface area contributed by atoms with Crippen molar-refractivity contribution >= 4 is 16.9 Å². The molecule has 3 aromatic rings. The van der Waals surface area contributed by atoms with Crippen LogP contribution in [0, 0.1) is 0 Å². The Labute approximate surface area is 120 Å². The first-order valence-corrected chi connectivity index (χ1v) is 6.08. The minimum Gasteiger partial charge on any atom is -0.467 e. The number of fused-ring (bicyclic) bond motifs is 1. The van der Waals surface area contributed by atoms with Crippen LogP contribution in [0.4, 0.5) is 5.95 Å². The Hall–Kier alpha value is -3.00. The van der Waals surface area contributed by atoms with E-state index < -0.39 is 0 Å². The van der Waals surface area contributed by atoms with Gasteiger partial charge in [0, 0.05) is 5.39 Å². The molecule has 0 aliphatic carbocycles. The van der Waals surface area contributed by atoms with Crippen molar-refractivity contribution in [2.45, 2.75) is 0 Å². The molecule has 2 aromatic heterocycles. The van der Waals surface area contributed by atoms with E-state index in [1.807, 2.05) is 30.3 Å². The molecule has 8 heteroatoms. The topological polar surface area (TPSA) is 108 Å². The summed E-state index contributed by atoms with van der Waals surface area (Å²) in [5, 5.41) is 0.952. The van der Waals surface area contributed by atoms with Crippen molar-refractivity contribution in [1.82, 2.24) is 19.9 Å². The van der Waals surface area contributed by atoms with Crippen molar-refractivity contribution in [1.29, 1.82) is 0 Å². The van der Waals surface area contributed by atoms with Crippen LogP contribution < -0.4 is 20.7 Å². The smallest absolute Gasteiger partial charge is 0.330 e. The van der Waals surface area contributed by atoms with Gasteiger partial charge in [0.1, 0.15) is 5.75 Å². The molecule has 0 atom stereocenters. The first-order valence-electron chi connectivity index (χ1n) is 6.08. The molecule has 0 bridgehead atoms. The lowest BCUT2D eigenvalue weighted by molar-refractivity contribution is 0.360. The Kier molecular flexibility index (Phi) is 3.44. The van der Waals surface area contributed by atoms with Gasteiger partial charge in [-0.25, -0.2) is 5.84 Å². The van der Waals surface area contributed by atoms with Crippen LogP contribution in [0.2, 0.25) is 0 Å². The van der Waals surface area contributed by atoms with Crippen molar-refractivity contribution < 1.29 is 9.47 Å². The Balaban J connectivity index is 1.94. The number of hydrogen-bond donors (Lipinski definition) is 2. The fourth-order valence-corrected chi connectivity index (χ4v) is 1.75.